The van der Waals surface area contributed by atoms with Crippen LogP contribution in [-0.4, -0.2) is 23.3 Å². The van der Waals surface area contributed by atoms with Gasteiger partial charge in [-0.2, -0.15) is 0 Å². The van der Waals surface area contributed by atoms with Crippen LogP contribution in [0.1, 0.15) is 23.5 Å². The molecule has 3 N–H and O–H groups in total. The molecule has 2 heterocycles. The number of rotatable bonds is 4. The average Bonchev–Trinajstić information content (AvgIpc) is 3.04. The molecule has 0 saturated heterocycles. The lowest BCUT2D eigenvalue weighted by atomic mass is 9.90. The Balaban J connectivity index is 1.43. The molecule has 2 amide bonds. The lowest BCUT2D eigenvalue weighted by molar-refractivity contribution is -0.126. The fourth-order valence-electron chi connectivity index (χ4n) is 3.43. The van der Waals surface area contributed by atoms with Gasteiger partial charge in [-0.25, -0.2) is 0 Å². The first-order valence-electron chi connectivity index (χ1n) is 8.44. The largest absolute Gasteiger partial charge is 0.361 e. The van der Waals surface area contributed by atoms with Crippen molar-refractivity contribution in [3.8, 4) is 0 Å². The predicted octanol–water partition coefficient (Wildman–Crippen LogP) is 2.95. The maximum atomic E-state index is 12.6. The van der Waals surface area contributed by atoms with Crippen LogP contribution in [0.2, 0.25) is 0 Å². The number of amides is 2. The number of benzene rings is 2. The zero-order valence-corrected chi connectivity index (χ0v) is 13.7. The van der Waals surface area contributed by atoms with Crippen LogP contribution in [0.15, 0.2) is 54.7 Å². The van der Waals surface area contributed by atoms with E-state index in [1.54, 1.807) is 0 Å². The summed E-state index contributed by atoms with van der Waals surface area (Å²) in [7, 11) is 0. The van der Waals surface area contributed by atoms with Gasteiger partial charge in [-0.1, -0.05) is 36.4 Å². The standard InChI is InChI=1S/C20H19N3O2/c24-19-11-16(15-6-2-4-8-18(15)23-19)20(25)21-10-9-13-12-22-17-7-3-1-5-14(13)17/h1-8,12,16,22H,9-11H2,(H,21,25)(H,23,24). The van der Waals surface area contributed by atoms with Crippen LogP contribution in [-0.2, 0) is 16.0 Å². The van der Waals surface area contributed by atoms with Gasteiger partial charge in [0.05, 0.1) is 5.92 Å². The third-order valence-electron chi connectivity index (χ3n) is 4.68. The molecule has 1 aromatic heterocycles. The Morgan fingerprint density at radius 2 is 1.92 bits per heavy atom. The maximum absolute atomic E-state index is 12.6. The van der Waals surface area contributed by atoms with Crippen LogP contribution in [0.4, 0.5) is 5.69 Å². The molecular formula is C20H19N3O2. The summed E-state index contributed by atoms with van der Waals surface area (Å²) in [6.07, 6.45) is 2.92. The molecular weight excluding hydrogens is 314 g/mol. The topological polar surface area (TPSA) is 74.0 Å². The van der Waals surface area contributed by atoms with Gasteiger partial charge in [-0.05, 0) is 29.7 Å². The van der Waals surface area contributed by atoms with Crippen LogP contribution in [0.25, 0.3) is 10.9 Å². The fourth-order valence-corrected chi connectivity index (χ4v) is 3.43. The molecule has 1 aliphatic rings. The smallest absolute Gasteiger partial charge is 0.228 e. The molecule has 5 heteroatoms. The molecule has 0 fully saturated rings. The molecule has 1 atom stereocenters. The van der Waals surface area contributed by atoms with Crippen LogP contribution < -0.4 is 10.6 Å². The number of hydrogen-bond donors (Lipinski definition) is 3. The number of aromatic nitrogens is 1. The highest BCUT2D eigenvalue weighted by atomic mass is 16.2. The summed E-state index contributed by atoms with van der Waals surface area (Å²) in [5, 5.41) is 6.98. The van der Waals surface area contributed by atoms with Gasteiger partial charge in [0.25, 0.3) is 0 Å². The van der Waals surface area contributed by atoms with E-state index in [2.05, 4.69) is 21.7 Å². The molecule has 0 saturated carbocycles. The molecule has 1 unspecified atom stereocenters. The van der Waals surface area contributed by atoms with Gasteiger partial charge in [-0.3, -0.25) is 9.59 Å². The lowest BCUT2D eigenvalue weighted by Crippen LogP contribution is -2.35. The quantitative estimate of drug-likeness (QED) is 0.687. The Morgan fingerprint density at radius 1 is 1.12 bits per heavy atom. The SMILES string of the molecule is O=C1CC(C(=O)NCCc2c[nH]c3ccccc23)c2ccccc2N1. The fraction of sp³-hybridized carbons (Fsp3) is 0.200. The van der Waals surface area contributed by atoms with E-state index in [1.807, 2.05) is 48.7 Å². The summed E-state index contributed by atoms with van der Waals surface area (Å²) >= 11 is 0. The van der Waals surface area contributed by atoms with E-state index in [0.29, 0.717) is 6.54 Å². The van der Waals surface area contributed by atoms with Crippen molar-refractivity contribution >= 4 is 28.4 Å². The highest BCUT2D eigenvalue weighted by Crippen LogP contribution is 2.32. The summed E-state index contributed by atoms with van der Waals surface area (Å²) in [6.45, 7) is 0.543. The molecule has 4 rings (SSSR count). The number of nitrogens with one attached hydrogen (secondary N) is 3. The van der Waals surface area contributed by atoms with Gasteiger partial charge in [0.2, 0.25) is 11.8 Å². The molecule has 25 heavy (non-hydrogen) atoms. The maximum Gasteiger partial charge on any atom is 0.228 e. The second-order valence-corrected chi connectivity index (χ2v) is 6.29. The van der Waals surface area contributed by atoms with Crippen molar-refractivity contribution in [2.24, 2.45) is 0 Å². The minimum absolute atomic E-state index is 0.0952. The van der Waals surface area contributed by atoms with E-state index < -0.39 is 5.92 Å². The number of para-hydroxylation sites is 2. The van der Waals surface area contributed by atoms with Crippen molar-refractivity contribution in [2.45, 2.75) is 18.8 Å². The Labute approximate surface area is 145 Å². The van der Waals surface area contributed by atoms with Crippen molar-refractivity contribution < 1.29 is 9.59 Å². The van der Waals surface area contributed by atoms with Crippen molar-refractivity contribution in [2.75, 3.05) is 11.9 Å². The van der Waals surface area contributed by atoms with Gasteiger partial charge in [0.15, 0.2) is 0 Å². The number of fused-ring (bicyclic) bond motifs is 2. The highest BCUT2D eigenvalue weighted by Gasteiger charge is 2.30. The molecule has 3 aromatic rings. The highest BCUT2D eigenvalue weighted by molar-refractivity contribution is 6.01. The van der Waals surface area contributed by atoms with Crippen molar-refractivity contribution in [3.05, 3.63) is 65.9 Å². The normalized spacial score (nSPS) is 16.3. The first-order valence-corrected chi connectivity index (χ1v) is 8.44. The minimum atomic E-state index is -0.423. The molecule has 0 aliphatic carbocycles. The number of carbonyl (C=O) groups excluding carboxylic acids is 2. The summed E-state index contributed by atoms with van der Waals surface area (Å²) < 4.78 is 0. The Kier molecular flexibility index (Phi) is 3.98. The van der Waals surface area contributed by atoms with Crippen LogP contribution in [0.5, 0.6) is 0 Å². The second kappa shape index (κ2) is 6.43. The lowest BCUT2D eigenvalue weighted by Gasteiger charge is -2.24. The molecule has 2 aromatic carbocycles. The van der Waals surface area contributed by atoms with E-state index in [0.717, 1.165) is 23.2 Å². The number of aromatic amines is 1. The van der Waals surface area contributed by atoms with Gasteiger partial charge >= 0.3 is 0 Å². The molecule has 0 spiro atoms. The third kappa shape index (κ3) is 3.01. The molecule has 1 aliphatic heterocycles. The number of H-pyrrole nitrogens is 1. The van der Waals surface area contributed by atoms with E-state index in [-0.39, 0.29) is 18.2 Å². The van der Waals surface area contributed by atoms with E-state index in [9.17, 15) is 9.59 Å². The monoisotopic (exact) mass is 333 g/mol. The Hall–Kier alpha value is -3.08. The summed E-state index contributed by atoms with van der Waals surface area (Å²) in [5.74, 6) is -0.634. The van der Waals surface area contributed by atoms with Crippen molar-refractivity contribution in [1.82, 2.24) is 10.3 Å². The molecule has 0 radical (unpaired) electrons. The Bertz CT molecular complexity index is 945. The van der Waals surface area contributed by atoms with Gasteiger partial charge < -0.3 is 15.6 Å². The predicted molar refractivity (Wildman–Crippen MR) is 97.4 cm³/mol. The summed E-state index contributed by atoms with van der Waals surface area (Å²) in [4.78, 5) is 27.7. The van der Waals surface area contributed by atoms with Gasteiger partial charge in [-0.15, -0.1) is 0 Å². The second-order valence-electron chi connectivity index (χ2n) is 6.29. The van der Waals surface area contributed by atoms with Crippen LogP contribution in [0.3, 0.4) is 0 Å². The molecule has 126 valence electrons. The Morgan fingerprint density at radius 3 is 2.84 bits per heavy atom. The van der Waals surface area contributed by atoms with E-state index in [4.69, 9.17) is 0 Å². The van der Waals surface area contributed by atoms with E-state index >= 15 is 0 Å². The van der Waals surface area contributed by atoms with Crippen LogP contribution >= 0.6 is 0 Å². The first kappa shape index (κ1) is 15.4. The molecule has 0 bridgehead atoms. The third-order valence-corrected chi connectivity index (χ3v) is 4.68. The van der Waals surface area contributed by atoms with Crippen LogP contribution in [0, 0.1) is 0 Å². The van der Waals surface area contributed by atoms with Crippen molar-refractivity contribution in [3.63, 3.8) is 0 Å². The number of carbonyl (C=O) groups is 2. The zero-order valence-electron chi connectivity index (χ0n) is 13.7. The average molecular weight is 333 g/mol. The zero-order chi connectivity index (χ0) is 17.2. The summed E-state index contributed by atoms with van der Waals surface area (Å²) in [6, 6.07) is 15.6. The number of hydrogen-bond acceptors (Lipinski definition) is 2. The molecule has 5 nitrogen and oxygen atoms in total. The van der Waals surface area contributed by atoms with Gasteiger partial charge in [0, 0.05) is 35.8 Å². The van der Waals surface area contributed by atoms with E-state index in [1.165, 1.54) is 10.9 Å². The minimum Gasteiger partial charge on any atom is -0.361 e. The van der Waals surface area contributed by atoms with Crippen molar-refractivity contribution in [1.29, 1.82) is 0 Å². The van der Waals surface area contributed by atoms with Gasteiger partial charge in [0.1, 0.15) is 0 Å². The first-order chi connectivity index (χ1) is 12.2. The number of anilines is 1. The summed E-state index contributed by atoms with van der Waals surface area (Å²) in [5.41, 5.74) is 3.89.